The van der Waals surface area contributed by atoms with Crippen molar-refractivity contribution in [2.45, 2.75) is 6.42 Å². The van der Waals surface area contributed by atoms with Crippen molar-refractivity contribution in [2.75, 3.05) is 27.3 Å². The van der Waals surface area contributed by atoms with Crippen molar-refractivity contribution in [2.24, 2.45) is 0 Å². The van der Waals surface area contributed by atoms with Gasteiger partial charge in [-0.3, -0.25) is 19.3 Å². The number of carboxylic acid groups (broad SMARTS) is 1. The normalized spacial score (nSPS) is 15.2. The number of hydrogen-bond acceptors (Lipinski definition) is 7. The minimum atomic E-state index is -1.02. The Morgan fingerprint density at radius 2 is 2.00 bits per heavy atom. The fourth-order valence-corrected chi connectivity index (χ4v) is 3.49. The van der Waals surface area contributed by atoms with Gasteiger partial charge in [0, 0.05) is 6.54 Å². The van der Waals surface area contributed by atoms with E-state index in [1.807, 2.05) is 0 Å². The average Bonchev–Trinajstić information content (AvgIpc) is 2.88. The van der Waals surface area contributed by atoms with Crippen molar-refractivity contribution in [1.29, 1.82) is 0 Å². The van der Waals surface area contributed by atoms with Crippen LogP contribution in [0.25, 0.3) is 6.08 Å². The summed E-state index contributed by atoms with van der Waals surface area (Å²) < 4.78 is 10.7. The number of carboxylic acids is 1. The van der Waals surface area contributed by atoms with Crippen molar-refractivity contribution in [3.63, 3.8) is 0 Å². The lowest BCUT2D eigenvalue weighted by molar-refractivity contribution is -0.137. The number of methoxy groups -OCH3 is 2. The Bertz CT molecular complexity index is 809. The second-order valence-corrected chi connectivity index (χ2v) is 7.05. The Kier molecular flexibility index (Phi) is 7.19. The molecule has 0 bridgehead atoms. The number of carbonyl (C=O) groups excluding carboxylic acids is 2. The predicted octanol–water partition coefficient (Wildman–Crippen LogP) is 1.50. The lowest BCUT2D eigenvalue weighted by Gasteiger charge is -2.13. The van der Waals surface area contributed by atoms with Crippen molar-refractivity contribution in [1.82, 2.24) is 10.2 Å². The van der Waals surface area contributed by atoms with Gasteiger partial charge in [0.1, 0.15) is 10.9 Å². The van der Waals surface area contributed by atoms with Crippen molar-refractivity contribution in [3.8, 4) is 11.5 Å². The Morgan fingerprint density at radius 3 is 2.63 bits per heavy atom. The summed E-state index contributed by atoms with van der Waals surface area (Å²) in [5, 5.41) is 11.0. The zero-order valence-corrected chi connectivity index (χ0v) is 16.3. The van der Waals surface area contributed by atoms with Crippen molar-refractivity contribution < 1.29 is 29.0 Å². The molecule has 27 heavy (non-hydrogen) atoms. The summed E-state index contributed by atoms with van der Waals surface area (Å²) in [5.74, 6) is -0.772. The van der Waals surface area contributed by atoms with Gasteiger partial charge in [0.15, 0.2) is 11.5 Å². The molecule has 0 aromatic heterocycles. The first-order valence-corrected chi connectivity index (χ1v) is 9.04. The van der Waals surface area contributed by atoms with Gasteiger partial charge in [-0.2, -0.15) is 0 Å². The second kappa shape index (κ2) is 9.38. The molecule has 1 saturated heterocycles. The maximum absolute atomic E-state index is 12.5. The molecule has 1 aliphatic rings. The number of hydrogen-bond donors (Lipinski definition) is 2. The number of aliphatic carboxylic acids is 1. The first-order valence-electron chi connectivity index (χ1n) is 7.81. The van der Waals surface area contributed by atoms with Gasteiger partial charge in [-0.25, -0.2) is 0 Å². The van der Waals surface area contributed by atoms with Crippen LogP contribution in [0.2, 0.25) is 0 Å². The van der Waals surface area contributed by atoms with Crippen LogP contribution < -0.4 is 14.8 Å². The summed E-state index contributed by atoms with van der Waals surface area (Å²) >= 11 is 6.27. The van der Waals surface area contributed by atoms with Crippen molar-refractivity contribution >= 4 is 52.2 Å². The number of thioether (sulfide) groups is 1. The number of carbonyl (C=O) groups is 3. The SMILES string of the molecule is COc1ccc(/C=C2\SC(=S)N(CC(=O)NCCC(=O)O)C2=O)cc1OC. The van der Waals surface area contributed by atoms with Crippen LogP contribution in [-0.4, -0.2) is 59.4 Å². The van der Waals surface area contributed by atoms with Crippen LogP contribution >= 0.6 is 24.0 Å². The number of ether oxygens (including phenoxy) is 2. The Balaban J connectivity index is 2.07. The Morgan fingerprint density at radius 1 is 1.30 bits per heavy atom. The van der Waals surface area contributed by atoms with E-state index in [1.165, 1.54) is 19.1 Å². The molecule has 2 amide bonds. The molecule has 2 N–H and O–H groups in total. The largest absolute Gasteiger partial charge is 0.493 e. The van der Waals surface area contributed by atoms with Gasteiger partial charge in [-0.15, -0.1) is 0 Å². The summed E-state index contributed by atoms with van der Waals surface area (Å²) in [6.07, 6.45) is 1.47. The summed E-state index contributed by atoms with van der Waals surface area (Å²) in [6.45, 7) is -0.266. The lowest BCUT2D eigenvalue weighted by Crippen LogP contribution is -2.40. The molecule has 0 radical (unpaired) electrons. The minimum absolute atomic E-state index is 0.00948. The molecule has 0 unspecified atom stereocenters. The highest BCUT2D eigenvalue weighted by Gasteiger charge is 2.33. The third kappa shape index (κ3) is 5.44. The number of nitrogens with one attached hydrogen (secondary N) is 1. The zero-order valence-electron chi connectivity index (χ0n) is 14.7. The highest BCUT2D eigenvalue weighted by molar-refractivity contribution is 8.26. The van der Waals surface area contributed by atoms with Gasteiger partial charge in [0.05, 0.1) is 25.5 Å². The fraction of sp³-hybridized carbons (Fsp3) is 0.294. The molecule has 144 valence electrons. The summed E-state index contributed by atoms with van der Waals surface area (Å²) in [7, 11) is 3.05. The van der Waals surface area contributed by atoms with E-state index in [-0.39, 0.29) is 29.7 Å². The molecule has 1 aromatic carbocycles. The van der Waals surface area contributed by atoms with E-state index >= 15 is 0 Å². The number of amides is 2. The quantitative estimate of drug-likeness (QED) is 0.491. The molecule has 1 heterocycles. The molecule has 8 nitrogen and oxygen atoms in total. The van der Waals surface area contributed by atoms with Crippen LogP contribution in [0.5, 0.6) is 11.5 Å². The number of nitrogens with zero attached hydrogens (tertiary/aromatic N) is 1. The number of thiocarbonyl (C=S) groups is 1. The van der Waals surface area contributed by atoms with Gasteiger partial charge in [-0.1, -0.05) is 30.0 Å². The first-order chi connectivity index (χ1) is 12.8. The topological polar surface area (TPSA) is 105 Å². The standard InChI is InChI=1S/C17H18N2O6S2/c1-24-11-4-3-10(7-12(11)25-2)8-13-16(23)19(17(26)27-13)9-14(20)18-6-5-15(21)22/h3-4,7-8H,5-6,9H2,1-2H3,(H,18,20)(H,21,22)/b13-8-. The summed E-state index contributed by atoms with van der Waals surface area (Å²) in [4.78, 5) is 36.4. The third-order valence-electron chi connectivity index (χ3n) is 3.54. The molecule has 0 aliphatic carbocycles. The summed E-state index contributed by atoms with van der Waals surface area (Å²) in [6, 6.07) is 5.22. The second-order valence-electron chi connectivity index (χ2n) is 5.38. The maximum atomic E-state index is 12.5. The van der Waals surface area contributed by atoms with Crippen LogP contribution in [0, 0.1) is 0 Å². The highest BCUT2D eigenvalue weighted by Crippen LogP contribution is 2.34. The van der Waals surface area contributed by atoms with Gasteiger partial charge >= 0.3 is 5.97 Å². The number of benzene rings is 1. The fourth-order valence-electron chi connectivity index (χ4n) is 2.24. The highest BCUT2D eigenvalue weighted by atomic mass is 32.2. The third-order valence-corrected chi connectivity index (χ3v) is 4.92. The van der Waals surface area contributed by atoms with E-state index < -0.39 is 11.9 Å². The smallest absolute Gasteiger partial charge is 0.305 e. The number of rotatable bonds is 8. The van der Waals surface area contributed by atoms with Crippen LogP contribution in [-0.2, 0) is 14.4 Å². The average molecular weight is 410 g/mol. The van der Waals surface area contributed by atoms with Crippen LogP contribution in [0.1, 0.15) is 12.0 Å². The van der Waals surface area contributed by atoms with Gasteiger partial charge in [0.25, 0.3) is 5.91 Å². The van der Waals surface area contributed by atoms with Crippen molar-refractivity contribution in [3.05, 3.63) is 28.7 Å². The monoisotopic (exact) mass is 410 g/mol. The summed E-state index contributed by atoms with van der Waals surface area (Å²) in [5.41, 5.74) is 0.721. The molecule has 1 fully saturated rings. The van der Waals surface area contributed by atoms with Gasteiger partial charge in [0.2, 0.25) is 5.91 Å². The van der Waals surface area contributed by atoms with E-state index in [2.05, 4.69) is 5.32 Å². The minimum Gasteiger partial charge on any atom is -0.493 e. The molecule has 1 aliphatic heterocycles. The van der Waals surface area contributed by atoms with Crippen LogP contribution in [0.15, 0.2) is 23.1 Å². The zero-order chi connectivity index (χ0) is 20.0. The van der Waals surface area contributed by atoms with Gasteiger partial charge in [-0.05, 0) is 23.8 Å². The molecular formula is C17H18N2O6S2. The van der Waals surface area contributed by atoms with E-state index in [0.29, 0.717) is 16.4 Å². The van der Waals surface area contributed by atoms with Crippen LogP contribution in [0.4, 0.5) is 0 Å². The maximum Gasteiger partial charge on any atom is 0.305 e. The predicted molar refractivity (Wildman–Crippen MR) is 105 cm³/mol. The van der Waals surface area contributed by atoms with E-state index in [9.17, 15) is 14.4 Å². The molecule has 0 spiro atoms. The Labute approximate surface area is 165 Å². The van der Waals surface area contributed by atoms with E-state index in [0.717, 1.165) is 17.3 Å². The molecular weight excluding hydrogens is 392 g/mol. The molecule has 10 heteroatoms. The van der Waals surface area contributed by atoms with E-state index in [4.69, 9.17) is 26.8 Å². The Hall–Kier alpha value is -2.59. The molecule has 0 atom stereocenters. The van der Waals surface area contributed by atoms with E-state index in [1.54, 1.807) is 24.3 Å². The van der Waals surface area contributed by atoms with Crippen LogP contribution in [0.3, 0.4) is 0 Å². The molecule has 0 saturated carbocycles. The lowest BCUT2D eigenvalue weighted by atomic mass is 10.2. The molecule has 2 rings (SSSR count). The molecule has 1 aromatic rings. The van der Waals surface area contributed by atoms with Gasteiger partial charge < -0.3 is 19.9 Å². The first kappa shape index (κ1) is 20.7.